The zero-order valence-corrected chi connectivity index (χ0v) is 13.3. The maximum absolute atomic E-state index is 12.2. The van der Waals surface area contributed by atoms with Crippen LogP contribution >= 0.6 is 0 Å². The number of nitrogens with zero attached hydrogens (tertiary/aromatic N) is 1. The molecular weight excluding hydrogens is 254 g/mol. The summed E-state index contributed by atoms with van der Waals surface area (Å²) in [6.45, 7) is 12.1. The summed E-state index contributed by atoms with van der Waals surface area (Å²) < 4.78 is 5.46. The Morgan fingerprint density at radius 2 is 2.10 bits per heavy atom. The standard InChI is InChI=1S/C16H29NO3/c1-12(2)10-14(18)11-13-8-6-7-9-17(13)15(19)20-16(3,4)5/h13-14,18H,1,6-11H2,2-5H3/t13-,14-/m0/s1. The van der Waals surface area contributed by atoms with Crippen molar-refractivity contribution < 1.29 is 14.6 Å². The Morgan fingerprint density at radius 1 is 1.45 bits per heavy atom. The molecule has 4 nitrogen and oxygen atoms in total. The number of likely N-dealkylation sites (tertiary alicyclic amines) is 1. The molecule has 0 aliphatic carbocycles. The molecular formula is C16H29NO3. The molecule has 0 spiro atoms. The summed E-state index contributed by atoms with van der Waals surface area (Å²) in [5, 5.41) is 10.1. The Kier molecular flexibility index (Phi) is 6.06. The molecule has 0 radical (unpaired) electrons. The van der Waals surface area contributed by atoms with Gasteiger partial charge in [0.2, 0.25) is 0 Å². The molecule has 0 bridgehead atoms. The van der Waals surface area contributed by atoms with Crippen molar-refractivity contribution in [3.05, 3.63) is 12.2 Å². The van der Waals surface area contributed by atoms with E-state index in [0.717, 1.165) is 31.4 Å². The van der Waals surface area contributed by atoms with E-state index in [4.69, 9.17) is 4.74 Å². The first-order valence-corrected chi connectivity index (χ1v) is 7.51. The van der Waals surface area contributed by atoms with Crippen LogP contribution in [0.3, 0.4) is 0 Å². The minimum absolute atomic E-state index is 0.0768. The molecule has 1 N–H and O–H groups in total. The van der Waals surface area contributed by atoms with Crippen molar-refractivity contribution >= 4 is 6.09 Å². The Labute approximate surface area is 122 Å². The van der Waals surface area contributed by atoms with Gasteiger partial charge in [-0.15, -0.1) is 6.58 Å². The van der Waals surface area contributed by atoms with Gasteiger partial charge in [0.1, 0.15) is 5.60 Å². The molecule has 4 heteroatoms. The largest absolute Gasteiger partial charge is 0.444 e. The number of aliphatic hydroxyl groups is 1. The van der Waals surface area contributed by atoms with E-state index in [0.29, 0.717) is 12.8 Å². The first-order chi connectivity index (χ1) is 9.19. The topological polar surface area (TPSA) is 49.8 Å². The number of rotatable bonds is 4. The summed E-state index contributed by atoms with van der Waals surface area (Å²) in [4.78, 5) is 14.0. The van der Waals surface area contributed by atoms with Crippen molar-refractivity contribution in [2.45, 2.75) is 77.5 Å². The number of carbonyl (C=O) groups excluding carboxylic acids is 1. The second-order valence-electron chi connectivity index (χ2n) is 6.87. The molecule has 116 valence electrons. The highest BCUT2D eigenvalue weighted by atomic mass is 16.6. The number of amides is 1. The van der Waals surface area contributed by atoms with E-state index in [-0.39, 0.29) is 12.1 Å². The molecule has 1 fully saturated rings. The number of aliphatic hydroxyl groups excluding tert-OH is 1. The van der Waals surface area contributed by atoms with Crippen LogP contribution < -0.4 is 0 Å². The highest BCUT2D eigenvalue weighted by Gasteiger charge is 2.31. The number of piperidine rings is 1. The molecule has 0 aromatic carbocycles. The van der Waals surface area contributed by atoms with Crippen LogP contribution in [0.25, 0.3) is 0 Å². The summed E-state index contributed by atoms with van der Waals surface area (Å²) in [7, 11) is 0. The monoisotopic (exact) mass is 283 g/mol. The molecule has 1 aliphatic rings. The minimum atomic E-state index is -0.477. The van der Waals surface area contributed by atoms with Crippen molar-refractivity contribution in [3.63, 3.8) is 0 Å². The van der Waals surface area contributed by atoms with Gasteiger partial charge in [0, 0.05) is 12.6 Å². The number of ether oxygens (including phenoxy) is 1. The predicted molar refractivity (Wildman–Crippen MR) is 80.6 cm³/mol. The van der Waals surface area contributed by atoms with Crippen LogP contribution in [0.4, 0.5) is 4.79 Å². The van der Waals surface area contributed by atoms with E-state index in [1.807, 2.05) is 27.7 Å². The fourth-order valence-electron chi connectivity index (χ4n) is 2.61. The van der Waals surface area contributed by atoms with Gasteiger partial charge in [0.15, 0.2) is 0 Å². The Hall–Kier alpha value is -1.03. The van der Waals surface area contributed by atoms with Gasteiger partial charge >= 0.3 is 6.09 Å². The molecule has 0 aromatic heterocycles. The van der Waals surface area contributed by atoms with Crippen LogP contribution in [0.15, 0.2) is 12.2 Å². The number of hydrogen-bond donors (Lipinski definition) is 1. The third-order valence-corrected chi connectivity index (χ3v) is 3.38. The lowest BCUT2D eigenvalue weighted by Gasteiger charge is -2.37. The van der Waals surface area contributed by atoms with Crippen LogP contribution in [0.5, 0.6) is 0 Å². The quantitative estimate of drug-likeness (QED) is 0.803. The normalized spacial score (nSPS) is 21.4. The van der Waals surface area contributed by atoms with Crippen LogP contribution in [0, 0.1) is 0 Å². The molecule has 1 amide bonds. The predicted octanol–water partition coefficient (Wildman–Crippen LogP) is 3.49. The van der Waals surface area contributed by atoms with E-state index in [1.165, 1.54) is 0 Å². The van der Waals surface area contributed by atoms with E-state index in [9.17, 15) is 9.90 Å². The smallest absolute Gasteiger partial charge is 0.410 e. The van der Waals surface area contributed by atoms with Gasteiger partial charge in [-0.1, -0.05) is 5.57 Å². The van der Waals surface area contributed by atoms with Gasteiger partial charge in [-0.2, -0.15) is 0 Å². The van der Waals surface area contributed by atoms with E-state index >= 15 is 0 Å². The summed E-state index contributed by atoms with van der Waals surface area (Å²) in [5.74, 6) is 0. The summed E-state index contributed by atoms with van der Waals surface area (Å²) >= 11 is 0. The molecule has 1 rings (SSSR count). The van der Waals surface area contributed by atoms with E-state index < -0.39 is 11.7 Å². The van der Waals surface area contributed by atoms with Crippen molar-refractivity contribution in [1.82, 2.24) is 4.90 Å². The molecule has 2 atom stereocenters. The van der Waals surface area contributed by atoms with Gasteiger partial charge < -0.3 is 14.7 Å². The van der Waals surface area contributed by atoms with Gasteiger partial charge in [-0.05, 0) is 59.8 Å². The highest BCUT2D eigenvalue weighted by Crippen LogP contribution is 2.24. The molecule has 0 unspecified atom stereocenters. The minimum Gasteiger partial charge on any atom is -0.444 e. The average Bonchev–Trinajstić information content (AvgIpc) is 2.25. The zero-order valence-electron chi connectivity index (χ0n) is 13.3. The van der Waals surface area contributed by atoms with E-state index in [1.54, 1.807) is 4.90 Å². The zero-order chi connectivity index (χ0) is 15.3. The van der Waals surface area contributed by atoms with Crippen LogP contribution in [0.1, 0.15) is 59.8 Å². The van der Waals surface area contributed by atoms with Crippen molar-refractivity contribution in [1.29, 1.82) is 0 Å². The molecule has 0 aromatic rings. The first-order valence-electron chi connectivity index (χ1n) is 7.51. The van der Waals surface area contributed by atoms with Crippen molar-refractivity contribution in [3.8, 4) is 0 Å². The second-order valence-corrected chi connectivity index (χ2v) is 6.87. The fraction of sp³-hybridized carbons (Fsp3) is 0.812. The maximum atomic E-state index is 12.2. The number of carbonyl (C=O) groups is 1. The van der Waals surface area contributed by atoms with Gasteiger partial charge in [-0.3, -0.25) is 0 Å². The third kappa shape index (κ3) is 5.95. The Balaban J connectivity index is 2.62. The van der Waals surface area contributed by atoms with Gasteiger partial charge in [0.25, 0.3) is 0 Å². The van der Waals surface area contributed by atoms with Gasteiger partial charge in [-0.25, -0.2) is 4.79 Å². The highest BCUT2D eigenvalue weighted by molar-refractivity contribution is 5.68. The fourth-order valence-corrected chi connectivity index (χ4v) is 2.61. The third-order valence-electron chi connectivity index (χ3n) is 3.38. The Bertz CT molecular complexity index is 346. The lowest BCUT2D eigenvalue weighted by molar-refractivity contribution is 0.00264. The second kappa shape index (κ2) is 7.11. The van der Waals surface area contributed by atoms with Crippen molar-refractivity contribution in [2.75, 3.05) is 6.54 Å². The lowest BCUT2D eigenvalue weighted by Crippen LogP contribution is -2.47. The lowest BCUT2D eigenvalue weighted by atomic mass is 9.95. The van der Waals surface area contributed by atoms with Crippen LogP contribution in [-0.2, 0) is 4.74 Å². The molecule has 0 saturated carbocycles. The van der Waals surface area contributed by atoms with Crippen LogP contribution in [-0.4, -0.2) is 40.4 Å². The summed E-state index contributed by atoms with van der Waals surface area (Å²) in [5.41, 5.74) is 0.493. The Morgan fingerprint density at radius 3 is 2.65 bits per heavy atom. The maximum Gasteiger partial charge on any atom is 0.410 e. The molecule has 1 saturated heterocycles. The SMILES string of the molecule is C=C(C)C[C@H](O)C[C@@H]1CCCCN1C(=O)OC(C)(C)C. The molecule has 20 heavy (non-hydrogen) atoms. The molecule has 1 aliphatic heterocycles. The van der Waals surface area contributed by atoms with Gasteiger partial charge in [0.05, 0.1) is 6.10 Å². The first kappa shape index (κ1) is 17.0. The summed E-state index contributed by atoms with van der Waals surface area (Å²) in [6.07, 6.45) is 3.55. The molecule has 1 heterocycles. The summed E-state index contributed by atoms with van der Waals surface area (Å²) in [6, 6.07) is 0.0768. The van der Waals surface area contributed by atoms with Crippen LogP contribution in [0.2, 0.25) is 0 Å². The van der Waals surface area contributed by atoms with E-state index in [2.05, 4.69) is 6.58 Å². The average molecular weight is 283 g/mol. The van der Waals surface area contributed by atoms with Crippen molar-refractivity contribution in [2.24, 2.45) is 0 Å². The number of hydrogen-bond acceptors (Lipinski definition) is 3.